The Morgan fingerprint density at radius 2 is 2.03 bits per heavy atom. The summed E-state index contributed by atoms with van der Waals surface area (Å²) in [5.74, 6) is 0.594. The Balaban J connectivity index is 1.27. The Morgan fingerprint density at radius 3 is 2.76 bits per heavy atom. The first kappa shape index (κ1) is 25.2. The van der Waals surface area contributed by atoms with E-state index in [2.05, 4.69) is 25.3 Å². The third kappa shape index (κ3) is 4.87. The minimum Gasteiger partial charge on any atom is -0.479 e. The minimum atomic E-state index is -0.390. The van der Waals surface area contributed by atoms with Gasteiger partial charge in [-0.15, -0.1) is 5.10 Å². The van der Waals surface area contributed by atoms with E-state index in [1.807, 2.05) is 24.4 Å². The second-order valence-corrected chi connectivity index (χ2v) is 10.4. The number of aromatic nitrogens is 3. The van der Waals surface area contributed by atoms with Gasteiger partial charge < -0.3 is 14.8 Å². The molecule has 0 aliphatic carbocycles. The highest BCUT2D eigenvalue weighted by Crippen LogP contribution is 2.41. The standard InChI is InChI=1S/C28H34F2N6O2/c1-37-27-26-25(19-5-6-24-22(14-19)18(7-11-31-24)4-2-3-10-29)23(30)15-36(26)34-28(33-27)32-20-8-12-35(13-9-20)21-16-38-17-21/h5-6,11,14-15,18,20-21H,2-4,7-10,12-13,16-17H2,1H3,(H,32,34). The first-order valence-electron chi connectivity index (χ1n) is 13.6. The molecule has 1 atom stereocenters. The van der Waals surface area contributed by atoms with Crippen molar-refractivity contribution in [3.05, 3.63) is 35.8 Å². The molecule has 202 valence electrons. The van der Waals surface area contributed by atoms with Crippen LogP contribution < -0.4 is 10.1 Å². The van der Waals surface area contributed by atoms with Gasteiger partial charge in [-0.1, -0.05) is 12.5 Å². The van der Waals surface area contributed by atoms with Crippen molar-refractivity contribution in [2.24, 2.45) is 4.99 Å². The van der Waals surface area contributed by atoms with Crippen molar-refractivity contribution in [3.63, 3.8) is 0 Å². The molecule has 6 rings (SSSR count). The second-order valence-electron chi connectivity index (χ2n) is 10.4. The van der Waals surface area contributed by atoms with Gasteiger partial charge in [0.15, 0.2) is 5.82 Å². The van der Waals surface area contributed by atoms with Crippen LogP contribution in [0.25, 0.3) is 16.6 Å². The van der Waals surface area contributed by atoms with Crippen LogP contribution in [0.5, 0.6) is 5.88 Å². The average molecular weight is 525 g/mol. The number of nitrogens with zero attached hydrogens (tertiary/aromatic N) is 5. The van der Waals surface area contributed by atoms with E-state index in [0.29, 0.717) is 35.4 Å². The highest BCUT2D eigenvalue weighted by Gasteiger charge is 2.30. The van der Waals surface area contributed by atoms with Crippen LogP contribution in [0.4, 0.5) is 20.4 Å². The summed E-state index contributed by atoms with van der Waals surface area (Å²) in [5.41, 5.74) is 3.58. The van der Waals surface area contributed by atoms with Gasteiger partial charge in [0.2, 0.25) is 11.8 Å². The lowest BCUT2D eigenvalue weighted by Crippen LogP contribution is -2.53. The van der Waals surface area contributed by atoms with Crippen molar-refractivity contribution >= 4 is 23.4 Å². The molecule has 1 N–H and O–H groups in total. The van der Waals surface area contributed by atoms with E-state index in [1.165, 1.54) is 10.7 Å². The fraction of sp³-hybridized carbons (Fsp3) is 0.536. The van der Waals surface area contributed by atoms with Gasteiger partial charge >= 0.3 is 0 Å². The lowest BCUT2D eigenvalue weighted by Gasteiger charge is -2.41. The zero-order valence-electron chi connectivity index (χ0n) is 21.7. The Kier molecular flexibility index (Phi) is 7.25. The van der Waals surface area contributed by atoms with Crippen molar-refractivity contribution in [1.29, 1.82) is 0 Å². The van der Waals surface area contributed by atoms with Crippen molar-refractivity contribution in [2.45, 2.75) is 56.5 Å². The van der Waals surface area contributed by atoms with E-state index in [4.69, 9.17) is 9.47 Å². The van der Waals surface area contributed by atoms with Crippen molar-refractivity contribution in [3.8, 4) is 17.0 Å². The Hall–Kier alpha value is -3.11. The van der Waals surface area contributed by atoms with Gasteiger partial charge in [-0.3, -0.25) is 14.3 Å². The number of benzene rings is 1. The van der Waals surface area contributed by atoms with E-state index < -0.39 is 0 Å². The Labute approximate surface area is 221 Å². The maximum Gasteiger partial charge on any atom is 0.244 e. The fourth-order valence-electron chi connectivity index (χ4n) is 5.84. The molecule has 8 nitrogen and oxygen atoms in total. The summed E-state index contributed by atoms with van der Waals surface area (Å²) in [7, 11) is 1.54. The molecule has 0 radical (unpaired) electrons. The molecule has 10 heteroatoms. The number of rotatable bonds is 9. The van der Waals surface area contributed by atoms with Crippen molar-refractivity contribution in [2.75, 3.05) is 45.4 Å². The molecule has 0 spiro atoms. The van der Waals surface area contributed by atoms with Gasteiger partial charge in [0.25, 0.3) is 0 Å². The lowest BCUT2D eigenvalue weighted by atomic mass is 9.86. The SMILES string of the molecule is COc1nc(NC2CCN(C3COC3)CC2)nn2cc(F)c(-c3ccc4c(c3)C(CCCCF)CC=N4)c12. The number of piperidine rings is 1. The molecule has 1 aromatic carbocycles. The zero-order valence-corrected chi connectivity index (χ0v) is 21.7. The van der Waals surface area contributed by atoms with Crippen molar-refractivity contribution < 1.29 is 18.3 Å². The van der Waals surface area contributed by atoms with Gasteiger partial charge in [-0.05, 0) is 61.3 Å². The summed E-state index contributed by atoms with van der Waals surface area (Å²) in [6.07, 6.45) is 8.32. The quantitative estimate of drug-likeness (QED) is 0.390. The molecule has 2 fully saturated rings. The molecular weight excluding hydrogens is 490 g/mol. The van der Waals surface area contributed by atoms with E-state index in [9.17, 15) is 4.39 Å². The third-order valence-corrected chi connectivity index (χ3v) is 8.06. The van der Waals surface area contributed by atoms with E-state index in [0.717, 1.165) is 75.2 Å². The van der Waals surface area contributed by atoms with Gasteiger partial charge in [-0.2, -0.15) is 4.98 Å². The molecule has 0 saturated carbocycles. The van der Waals surface area contributed by atoms with Crippen LogP contribution >= 0.6 is 0 Å². The first-order chi connectivity index (χ1) is 18.6. The maximum absolute atomic E-state index is 15.5. The fourth-order valence-corrected chi connectivity index (χ4v) is 5.84. The van der Waals surface area contributed by atoms with Crippen molar-refractivity contribution in [1.82, 2.24) is 19.5 Å². The maximum atomic E-state index is 15.5. The number of halogens is 2. The number of hydrogen-bond donors (Lipinski definition) is 1. The predicted octanol–water partition coefficient (Wildman–Crippen LogP) is 5.15. The number of hydrogen-bond acceptors (Lipinski definition) is 7. The van der Waals surface area contributed by atoms with Gasteiger partial charge in [0, 0.05) is 25.3 Å². The van der Waals surface area contributed by atoms with Crippen LogP contribution in [-0.4, -0.2) is 77.9 Å². The number of ether oxygens (including phenoxy) is 2. The summed E-state index contributed by atoms with van der Waals surface area (Å²) >= 11 is 0. The second kappa shape index (κ2) is 10.9. The number of fused-ring (bicyclic) bond motifs is 2. The van der Waals surface area contributed by atoms with E-state index >= 15 is 4.39 Å². The van der Waals surface area contributed by atoms with Crippen LogP contribution in [0, 0.1) is 5.82 Å². The molecule has 2 aromatic heterocycles. The summed E-state index contributed by atoms with van der Waals surface area (Å²) in [6, 6.07) is 6.61. The molecule has 3 aliphatic heterocycles. The monoisotopic (exact) mass is 524 g/mol. The topological polar surface area (TPSA) is 76.3 Å². The Bertz CT molecular complexity index is 1320. The molecule has 3 aromatic rings. The normalized spacial score (nSPS) is 20.4. The van der Waals surface area contributed by atoms with Crippen LogP contribution in [0.3, 0.4) is 0 Å². The van der Waals surface area contributed by atoms with E-state index in [-0.39, 0.29) is 24.5 Å². The molecule has 1 unspecified atom stereocenters. The van der Waals surface area contributed by atoms with Gasteiger partial charge in [0.1, 0.15) is 5.52 Å². The van der Waals surface area contributed by atoms with Gasteiger partial charge in [-0.25, -0.2) is 8.91 Å². The summed E-state index contributed by atoms with van der Waals surface area (Å²) in [6.45, 7) is 3.36. The molecule has 5 heterocycles. The molecule has 0 amide bonds. The number of alkyl halides is 1. The summed E-state index contributed by atoms with van der Waals surface area (Å²) < 4.78 is 40.7. The summed E-state index contributed by atoms with van der Waals surface area (Å²) in [4.78, 5) is 11.6. The smallest absolute Gasteiger partial charge is 0.244 e. The minimum absolute atomic E-state index is 0.239. The first-order valence-corrected chi connectivity index (χ1v) is 13.6. The largest absolute Gasteiger partial charge is 0.479 e. The third-order valence-electron chi connectivity index (χ3n) is 8.06. The van der Waals surface area contributed by atoms with Crippen LogP contribution in [-0.2, 0) is 4.74 Å². The molecule has 38 heavy (non-hydrogen) atoms. The number of likely N-dealkylation sites (tertiary alicyclic amines) is 1. The number of aliphatic imine (C=N–C) groups is 1. The average Bonchev–Trinajstić information content (AvgIpc) is 3.24. The number of nitrogens with one attached hydrogen (secondary N) is 1. The molecule has 0 bridgehead atoms. The molecule has 3 aliphatic rings. The molecule has 2 saturated heterocycles. The van der Waals surface area contributed by atoms with Crippen LogP contribution in [0.15, 0.2) is 29.4 Å². The number of anilines is 1. The number of methoxy groups -OCH3 is 1. The van der Waals surface area contributed by atoms with E-state index in [1.54, 1.807) is 7.11 Å². The van der Waals surface area contributed by atoms with Gasteiger partial charge in [0.05, 0.1) is 50.5 Å². The van der Waals surface area contributed by atoms with Crippen LogP contribution in [0.1, 0.15) is 50.0 Å². The lowest BCUT2D eigenvalue weighted by molar-refractivity contribution is -0.0705. The highest BCUT2D eigenvalue weighted by atomic mass is 19.1. The number of unbranched alkanes of at least 4 members (excludes halogenated alkanes) is 1. The zero-order chi connectivity index (χ0) is 26.1. The predicted molar refractivity (Wildman–Crippen MR) is 143 cm³/mol. The van der Waals surface area contributed by atoms with Crippen LogP contribution in [0.2, 0.25) is 0 Å². The Morgan fingerprint density at radius 1 is 1.18 bits per heavy atom. The summed E-state index contributed by atoms with van der Waals surface area (Å²) in [5, 5.41) is 8.04. The highest BCUT2D eigenvalue weighted by molar-refractivity contribution is 5.86. The molecular formula is C28H34F2N6O2.